The fraction of sp³-hybridized carbons (Fsp3) is 0.625. The van der Waals surface area contributed by atoms with Crippen molar-refractivity contribution in [2.24, 2.45) is 0 Å². The summed E-state index contributed by atoms with van der Waals surface area (Å²) in [6, 6.07) is 6.22. The molecule has 0 unspecified atom stereocenters. The molecule has 0 N–H and O–H groups in total. The number of hydrogen-bond acceptors (Lipinski definition) is 2. The predicted octanol–water partition coefficient (Wildman–Crippen LogP) is 4.28. The molecule has 2 fully saturated rings. The molecular weight excluding hydrogens is 338 g/mol. The maximum atomic E-state index is 13.4. The maximum Gasteiger partial charge on any atom is 0.261 e. The zero-order valence-electron chi connectivity index (χ0n) is 12.1. The first-order valence-electron chi connectivity index (χ1n) is 7.67. The van der Waals surface area contributed by atoms with Gasteiger partial charge in [-0.1, -0.05) is 22.0 Å². The van der Waals surface area contributed by atoms with E-state index in [0.29, 0.717) is 13.1 Å². The van der Waals surface area contributed by atoms with Gasteiger partial charge in [-0.25, -0.2) is 8.78 Å². The number of hydrogen-bond donors (Lipinski definition) is 0. The molecule has 1 aromatic rings. The SMILES string of the molecule is FC1(F)CCN(Cc2ccc(Br)cc2N2CCCCC2)C1. The van der Waals surface area contributed by atoms with Crippen LogP contribution in [0.25, 0.3) is 0 Å². The van der Waals surface area contributed by atoms with Gasteiger partial charge in [-0.2, -0.15) is 0 Å². The van der Waals surface area contributed by atoms with Crippen molar-refractivity contribution >= 4 is 21.6 Å². The molecule has 0 radical (unpaired) electrons. The van der Waals surface area contributed by atoms with Gasteiger partial charge in [0.25, 0.3) is 5.92 Å². The first-order chi connectivity index (χ1) is 10.0. The molecule has 0 amide bonds. The van der Waals surface area contributed by atoms with Crippen molar-refractivity contribution in [2.45, 2.75) is 38.2 Å². The van der Waals surface area contributed by atoms with E-state index >= 15 is 0 Å². The van der Waals surface area contributed by atoms with Crippen LogP contribution in [0.1, 0.15) is 31.2 Å². The molecule has 116 valence electrons. The summed E-state index contributed by atoms with van der Waals surface area (Å²) in [4.78, 5) is 4.27. The highest BCUT2D eigenvalue weighted by Gasteiger charge is 2.38. The van der Waals surface area contributed by atoms with Gasteiger partial charge in [0.2, 0.25) is 0 Å². The predicted molar refractivity (Wildman–Crippen MR) is 85.0 cm³/mol. The van der Waals surface area contributed by atoms with Gasteiger partial charge < -0.3 is 4.90 Å². The molecule has 0 spiro atoms. The second-order valence-electron chi connectivity index (χ2n) is 6.14. The van der Waals surface area contributed by atoms with E-state index < -0.39 is 5.92 Å². The number of halogens is 3. The van der Waals surface area contributed by atoms with Crippen LogP contribution < -0.4 is 4.90 Å². The highest BCUT2D eigenvalue weighted by Crippen LogP contribution is 2.32. The molecule has 2 nitrogen and oxygen atoms in total. The van der Waals surface area contributed by atoms with Crippen molar-refractivity contribution < 1.29 is 8.78 Å². The Morgan fingerprint density at radius 1 is 1.10 bits per heavy atom. The van der Waals surface area contributed by atoms with Crippen LogP contribution in [-0.2, 0) is 6.54 Å². The van der Waals surface area contributed by atoms with E-state index in [-0.39, 0.29) is 13.0 Å². The molecule has 0 bridgehead atoms. The Kier molecular flexibility index (Phi) is 4.50. The fourth-order valence-electron chi connectivity index (χ4n) is 3.28. The third-order valence-corrected chi connectivity index (χ3v) is 4.88. The van der Waals surface area contributed by atoms with Gasteiger partial charge in [0.05, 0.1) is 6.54 Å². The summed E-state index contributed by atoms with van der Waals surface area (Å²) in [6.07, 6.45) is 3.71. The van der Waals surface area contributed by atoms with Crippen LogP contribution in [0.2, 0.25) is 0 Å². The first kappa shape index (κ1) is 15.2. The Hall–Kier alpha value is -0.680. The Bertz CT molecular complexity index is 501. The van der Waals surface area contributed by atoms with Gasteiger partial charge in [-0.05, 0) is 37.0 Å². The molecule has 2 saturated heterocycles. The zero-order valence-corrected chi connectivity index (χ0v) is 13.7. The molecule has 2 aliphatic rings. The normalized spacial score (nSPS) is 22.7. The van der Waals surface area contributed by atoms with Crippen LogP contribution in [0, 0.1) is 0 Å². The quantitative estimate of drug-likeness (QED) is 0.795. The number of nitrogens with zero attached hydrogens (tertiary/aromatic N) is 2. The van der Waals surface area contributed by atoms with Crippen LogP contribution in [0.5, 0.6) is 0 Å². The topological polar surface area (TPSA) is 6.48 Å². The van der Waals surface area contributed by atoms with Crippen molar-refractivity contribution in [3.63, 3.8) is 0 Å². The molecular formula is C16H21BrF2N2. The molecule has 0 aliphatic carbocycles. The maximum absolute atomic E-state index is 13.4. The highest BCUT2D eigenvalue weighted by atomic mass is 79.9. The van der Waals surface area contributed by atoms with Crippen molar-refractivity contribution in [1.29, 1.82) is 0 Å². The molecule has 0 saturated carbocycles. The first-order valence-corrected chi connectivity index (χ1v) is 8.46. The minimum Gasteiger partial charge on any atom is -0.371 e. The van der Waals surface area contributed by atoms with E-state index in [1.807, 2.05) is 11.0 Å². The monoisotopic (exact) mass is 358 g/mol. The Balaban J connectivity index is 1.78. The molecule has 2 aliphatic heterocycles. The summed E-state index contributed by atoms with van der Waals surface area (Å²) in [7, 11) is 0. The van der Waals surface area contributed by atoms with Gasteiger partial charge in [-0.3, -0.25) is 4.90 Å². The van der Waals surface area contributed by atoms with Gasteiger partial charge in [-0.15, -0.1) is 0 Å². The van der Waals surface area contributed by atoms with Gasteiger partial charge >= 0.3 is 0 Å². The Morgan fingerprint density at radius 3 is 2.52 bits per heavy atom. The Morgan fingerprint density at radius 2 is 1.86 bits per heavy atom. The lowest BCUT2D eigenvalue weighted by Gasteiger charge is -2.31. The standard InChI is InChI=1S/C16H21BrF2N2/c17-14-5-4-13(11-20-9-6-16(18,19)12-20)15(10-14)21-7-2-1-3-8-21/h4-5,10H,1-3,6-9,11-12H2. The van der Waals surface area contributed by atoms with E-state index in [9.17, 15) is 8.78 Å². The van der Waals surface area contributed by atoms with E-state index in [2.05, 4.69) is 33.0 Å². The summed E-state index contributed by atoms with van der Waals surface area (Å²) in [5.74, 6) is -2.51. The van der Waals surface area contributed by atoms with E-state index in [0.717, 1.165) is 23.1 Å². The minimum atomic E-state index is -2.51. The van der Waals surface area contributed by atoms with Gasteiger partial charge in [0.1, 0.15) is 0 Å². The van der Waals surface area contributed by atoms with Gasteiger partial charge in [0.15, 0.2) is 0 Å². The number of likely N-dealkylation sites (tertiary alicyclic amines) is 1. The van der Waals surface area contributed by atoms with Crippen LogP contribution in [0.3, 0.4) is 0 Å². The Labute approximate surface area is 133 Å². The van der Waals surface area contributed by atoms with E-state index in [1.54, 1.807) is 0 Å². The highest BCUT2D eigenvalue weighted by molar-refractivity contribution is 9.10. The van der Waals surface area contributed by atoms with E-state index in [4.69, 9.17) is 0 Å². The average Bonchev–Trinajstić information content (AvgIpc) is 2.81. The number of benzene rings is 1. The second-order valence-corrected chi connectivity index (χ2v) is 7.05. The molecule has 21 heavy (non-hydrogen) atoms. The summed E-state index contributed by atoms with van der Waals surface area (Å²) in [5.41, 5.74) is 2.37. The average molecular weight is 359 g/mol. The smallest absolute Gasteiger partial charge is 0.261 e. The number of alkyl halides is 2. The summed E-state index contributed by atoms with van der Waals surface area (Å²) >= 11 is 3.53. The lowest BCUT2D eigenvalue weighted by Crippen LogP contribution is -2.31. The fourth-order valence-corrected chi connectivity index (χ4v) is 3.63. The van der Waals surface area contributed by atoms with Crippen LogP contribution in [0.15, 0.2) is 22.7 Å². The summed E-state index contributed by atoms with van der Waals surface area (Å²) in [6.45, 7) is 3.14. The van der Waals surface area contributed by atoms with Crippen molar-refractivity contribution in [1.82, 2.24) is 4.90 Å². The van der Waals surface area contributed by atoms with Crippen molar-refractivity contribution in [3.8, 4) is 0 Å². The molecule has 2 heterocycles. The molecule has 0 atom stereocenters. The molecule has 1 aromatic carbocycles. The molecule has 0 aromatic heterocycles. The van der Waals surface area contributed by atoms with Crippen LogP contribution in [-0.4, -0.2) is 37.0 Å². The zero-order chi connectivity index (χ0) is 14.9. The number of piperidine rings is 1. The van der Waals surface area contributed by atoms with Crippen LogP contribution >= 0.6 is 15.9 Å². The van der Waals surface area contributed by atoms with Crippen molar-refractivity contribution in [3.05, 3.63) is 28.2 Å². The lowest BCUT2D eigenvalue weighted by atomic mass is 10.1. The molecule has 5 heteroatoms. The third-order valence-electron chi connectivity index (χ3n) is 4.39. The number of rotatable bonds is 3. The van der Waals surface area contributed by atoms with Crippen molar-refractivity contribution in [2.75, 3.05) is 31.1 Å². The van der Waals surface area contributed by atoms with Gasteiger partial charge in [0, 0.05) is 42.8 Å². The van der Waals surface area contributed by atoms with Crippen LogP contribution in [0.4, 0.5) is 14.5 Å². The largest absolute Gasteiger partial charge is 0.371 e. The molecule has 3 rings (SSSR count). The number of anilines is 1. The third kappa shape index (κ3) is 3.75. The summed E-state index contributed by atoms with van der Waals surface area (Å²) < 4.78 is 27.8. The van der Waals surface area contributed by atoms with E-state index in [1.165, 1.54) is 24.9 Å². The minimum absolute atomic E-state index is 0.0113. The summed E-state index contributed by atoms with van der Waals surface area (Å²) in [5, 5.41) is 0. The second kappa shape index (κ2) is 6.21. The lowest BCUT2D eigenvalue weighted by molar-refractivity contribution is 0.0115.